The van der Waals surface area contributed by atoms with Gasteiger partial charge in [0.2, 0.25) is 0 Å². The van der Waals surface area contributed by atoms with Crippen molar-refractivity contribution in [1.29, 1.82) is 0 Å². The van der Waals surface area contributed by atoms with Crippen molar-refractivity contribution >= 4 is 11.7 Å². The van der Waals surface area contributed by atoms with Gasteiger partial charge in [-0.25, -0.2) is 0 Å². The maximum atomic E-state index is 11.2. The van der Waals surface area contributed by atoms with Crippen LogP contribution in [0.1, 0.15) is 18.4 Å². The summed E-state index contributed by atoms with van der Waals surface area (Å²) in [6.07, 6.45) is 0. The van der Waals surface area contributed by atoms with Crippen LogP contribution in [0.2, 0.25) is 0 Å². The Balaban J connectivity index is 2.31. The van der Waals surface area contributed by atoms with Crippen molar-refractivity contribution in [3.8, 4) is 5.75 Å². The van der Waals surface area contributed by atoms with Crippen LogP contribution in [0.5, 0.6) is 5.75 Å². The van der Waals surface area contributed by atoms with Gasteiger partial charge in [0.05, 0.1) is 26.2 Å². The van der Waals surface area contributed by atoms with E-state index in [0.29, 0.717) is 24.5 Å². The van der Waals surface area contributed by atoms with Gasteiger partial charge < -0.3 is 19.5 Å². The van der Waals surface area contributed by atoms with Crippen molar-refractivity contribution in [2.45, 2.75) is 12.8 Å². The van der Waals surface area contributed by atoms with Crippen LogP contribution in [0.3, 0.4) is 0 Å². The summed E-state index contributed by atoms with van der Waals surface area (Å²) in [5.74, 6) is -0.819. The second kappa shape index (κ2) is 5.93. The molecule has 5 heteroatoms. The number of hydrogen-bond acceptors (Lipinski definition) is 4. The minimum absolute atomic E-state index is 0.587. The number of hydrogen-bond donors (Lipinski definition) is 1. The predicted octanol–water partition coefficient (Wildman–Crippen LogP) is 1.72. The molecule has 1 fully saturated rings. The summed E-state index contributed by atoms with van der Waals surface area (Å²) in [5.41, 5.74) is 1.73. The highest BCUT2D eigenvalue weighted by Gasteiger charge is 2.20. The lowest BCUT2D eigenvalue weighted by molar-refractivity contribution is -0.138. The third kappa shape index (κ3) is 2.98. The van der Waals surface area contributed by atoms with Crippen molar-refractivity contribution in [3.63, 3.8) is 0 Å². The van der Waals surface area contributed by atoms with Gasteiger partial charge in [-0.05, 0) is 25.1 Å². The molecular formula is C14H19NO4. The first-order valence-electron chi connectivity index (χ1n) is 6.37. The van der Waals surface area contributed by atoms with Gasteiger partial charge in [0.1, 0.15) is 5.75 Å². The summed E-state index contributed by atoms with van der Waals surface area (Å²) in [5, 5.41) is 9.17. The van der Waals surface area contributed by atoms with Gasteiger partial charge >= 0.3 is 5.97 Å². The number of ether oxygens (including phenoxy) is 2. The molecule has 0 radical (unpaired) electrons. The van der Waals surface area contributed by atoms with E-state index in [1.54, 1.807) is 14.0 Å². The second-order valence-corrected chi connectivity index (χ2v) is 4.59. The van der Waals surface area contributed by atoms with E-state index in [1.165, 1.54) is 0 Å². The fourth-order valence-electron chi connectivity index (χ4n) is 2.21. The lowest BCUT2D eigenvalue weighted by Gasteiger charge is -2.29. The monoisotopic (exact) mass is 265 g/mol. The number of methoxy groups -OCH3 is 1. The maximum Gasteiger partial charge on any atom is 0.310 e. The number of morpholine rings is 1. The topological polar surface area (TPSA) is 59.0 Å². The van der Waals surface area contributed by atoms with E-state index in [0.717, 1.165) is 18.8 Å². The Bertz CT molecular complexity index is 455. The highest BCUT2D eigenvalue weighted by atomic mass is 16.5. The minimum Gasteiger partial charge on any atom is -0.496 e. The molecule has 1 aromatic rings. The zero-order chi connectivity index (χ0) is 13.8. The Morgan fingerprint density at radius 3 is 2.68 bits per heavy atom. The highest BCUT2D eigenvalue weighted by Crippen LogP contribution is 2.31. The molecule has 1 atom stereocenters. The average molecular weight is 265 g/mol. The molecule has 1 aliphatic rings. The molecule has 1 aliphatic heterocycles. The predicted molar refractivity (Wildman–Crippen MR) is 72.1 cm³/mol. The molecule has 1 aromatic carbocycles. The van der Waals surface area contributed by atoms with Gasteiger partial charge in [-0.2, -0.15) is 0 Å². The van der Waals surface area contributed by atoms with Gasteiger partial charge in [-0.15, -0.1) is 0 Å². The molecule has 0 bridgehead atoms. The van der Waals surface area contributed by atoms with Gasteiger partial charge in [0.15, 0.2) is 0 Å². The molecule has 0 aromatic heterocycles. The quantitative estimate of drug-likeness (QED) is 0.898. The van der Waals surface area contributed by atoms with E-state index >= 15 is 0 Å². The molecule has 0 spiro atoms. The van der Waals surface area contributed by atoms with Gasteiger partial charge in [-0.1, -0.05) is 0 Å². The zero-order valence-electron chi connectivity index (χ0n) is 11.3. The van der Waals surface area contributed by atoms with E-state index in [4.69, 9.17) is 14.6 Å². The molecule has 1 heterocycles. The molecule has 19 heavy (non-hydrogen) atoms. The normalized spacial score (nSPS) is 17.1. The van der Waals surface area contributed by atoms with Crippen molar-refractivity contribution < 1.29 is 19.4 Å². The van der Waals surface area contributed by atoms with E-state index in [9.17, 15) is 4.79 Å². The molecule has 2 rings (SSSR count). The van der Waals surface area contributed by atoms with Gasteiger partial charge in [0, 0.05) is 24.3 Å². The summed E-state index contributed by atoms with van der Waals surface area (Å²) in [6, 6.07) is 5.70. The molecular weight excluding hydrogens is 246 g/mol. The molecule has 1 saturated heterocycles. The number of carboxylic acids is 1. The fraction of sp³-hybridized carbons (Fsp3) is 0.500. The summed E-state index contributed by atoms with van der Waals surface area (Å²) in [6.45, 7) is 4.73. The van der Waals surface area contributed by atoms with Crippen LogP contribution in [0.4, 0.5) is 5.69 Å². The van der Waals surface area contributed by atoms with Crippen molar-refractivity contribution in [3.05, 3.63) is 23.8 Å². The smallest absolute Gasteiger partial charge is 0.310 e. The third-order valence-electron chi connectivity index (χ3n) is 3.43. The molecule has 0 amide bonds. The van der Waals surface area contributed by atoms with Crippen LogP contribution in [-0.4, -0.2) is 44.5 Å². The Hall–Kier alpha value is -1.75. The Labute approximate surface area is 112 Å². The van der Waals surface area contributed by atoms with E-state index in [1.807, 2.05) is 18.2 Å². The number of rotatable bonds is 4. The summed E-state index contributed by atoms with van der Waals surface area (Å²) in [7, 11) is 1.56. The number of anilines is 1. The zero-order valence-corrected chi connectivity index (χ0v) is 11.3. The van der Waals surface area contributed by atoms with Crippen LogP contribution in [0, 0.1) is 0 Å². The summed E-state index contributed by atoms with van der Waals surface area (Å²) < 4.78 is 10.6. The molecule has 1 unspecified atom stereocenters. The lowest BCUT2D eigenvalue weighted by Crippen LogP contribution is -2.36. The first-order valence-corrected chi connectivity index (χ1v) is 6.37. The highest BCUT2D eigenvalue weighted by molar-refractivity contribution is 5.77. The summed E-state index contributed by atoms with van der Waals surface area (Å²) >= 11 is 0. The van der Waals surface area contributed by atoms with Crippen LogP contribution >= 0.6 is 0 Å². The number of carboxylic acid groups (broad SMARTS) is 1. The maximum absolute atomic E-state index is 11.2. The number of benzene rings is 1. The van der Waals surface area contributed by atoms with E-state index in [2.05, 4.69) is 4.90 Å². The van der Waals surface area contributed by atoms with Crippen LogP contribution in [0.25, 0.3) is 0 Å². The Morgan fingerprint density at radius 2 is 2.11 bits per heavy atom. The molecule has 5 nitrogen and oxygen atoms in total. The van der Waals surface area contributed by atoms with Gasteiger partial charge in [-0.3, -0.25) is 4.79 Å². The van der Waals surface area contributed by atoms with Crippen molar-refractivity contribution in [2.24, 2.45) is 0 Å². The number of aliphatic carboxylic acids is 1. The van der Waals surface area contributed by atoms with Gasteiger partial charge in [0.25, 0.3) is 0 Å². The molecule has 0 aliphatic carbocycles. The minimum atomic E-state index is -0.850. The summed E-state index contributed by atoms with van der Waals surface area (Å²) in [4.78, 5) is 13.4. The van der Waals surface area contributed by atoms with Crippen LogP contribution in [0.15, 0.2) is 18.2 Å². The Kier molecular flexibility index (Phi) is 4.27. The fourth-order valence-corrected chi connectivity index (χ4v) is 2.21. The first-order chi connectivity index (χ1) is 9.13. The van der Waals surface area contributed by atoms with E-state index < -0.39 is 11.9 Å². The average Bonchev–Trinajstić information content (AvgIpc) is 2.46. The van der Waals surface area contributed by atoms with Crippen LogP contribution < -0.4 is 9.64 Å². The SMILES string of the molecule is COc1ccc(N2CCOCC2)cc1C(C)C(=O)O. The largest absolute Gasteiger partial charge is 0.496 e. The molecule has 104 valence electrons. The number of carbonyl (C=O) groups is 1. The third-order valence-corrected chi connectivity index (χ3v) is 3.43. The second-order valence-electron chi connectivity index (χ2n) is 4.59. The van der Waals surface area contributed by atoms with Crippen molar-refractivity contribution in [1.82, 2.24) is 0 Å². The lowest BCUT2D eigenvalue weighted by atomic mass is 9.99. The van der Waals surface area contributed by atoms with Crippen molar-refractivity contribution in [2.75, 3.05) is 38.3 Å². The van der Waals surface area contributed by atoms with Crippen LogP contribution in [-0.2, 0) is 9.53 Å². The molecule has 1 N–H and O–H groups in total. The molecule has 0 saturated carbocycles. The number of nitrogens with zero attached hydrogens (tertiary/aromatic N) is 1. The standard InChI is InChI=1S/C14H19NO4/c1-10(14(16)17)12-9-11(3-4-13(12)18-2)15-5-7-19-8-6-15/h3-4,9-10H,5-8H2,1-2H3,(H,16,17). The Morgan fingerprint density at radius 1 is 1.42 bits per heavy atom. The first kappa shape index (κ1) is 13.7. The van der Waals surface area contributed by atoms with E-state index in [-0.39, 0.29) is 0 Å².